The molecule has 7 rings (SSSR count). The van der Waals surface area contributed by atoms with Gasteiger partial charge in [-0.1, -0.05) is 49.1 Å². The van der Waals surface area contributed by atoms with Crippen LogP contribution in [0.4, 0.5) is 0 Å². The van der Waals surface area contributed by atoms with Crippen LogP contribution in [0.25, 0.3) is 16.9 Å². The number of halogens is 1. The third-order valence-electron chi connectivity index (χ3n) is 7.60. The highest BCUT2D eigenvalue weighted by atomic mass is 35.5. The van der Waals surface area contributed by atoms with Crippen LogP contribution in [-0.4, -0.2) is 50.3 Å². The van der Waals surface area contributed by atoms with Crippen LogP contribution in [0.1, 0.15) is 44.2 Å². The number of nitrogens with zero attached hydrogens (tertiary/aromatic N) is 4. The molecule has 1 amide bonds. The van der Waals surface area contributed by atoms with Gasteiger partial charge in [0.1, 0.15) is 5.65 Å². The van der Waals surface area contributed by atoms with Crippen molar-refractivity contribution in [3.63, 3.8) is 0 Å². The zero-order valence-corrected chi connectivity index (χ0v) is 19.0. The number of pyridine rings is 1. The second-order valence-corrected chi connectivity index (χ2v) is 10.1. The molecule has 5 nitrogen and oxygen atoms in total. The third kappa shape index (κ3) is 3.52. The van der Waals surface area contributed by atoms with Crippen molar-refractivity contribution in [1.82, 2.24) is 19.2 Å². The van der Waals surface area contributed by atoms with Crippen molar-refractivity contribution in [2.45, 2.75) is 57.2 Å². The standard InChI is InChI=1S/C26H29ClN4O/c27-20-11-9-18(10-12-20)25-23(30-13-5-4-8-24(30)28-25)17-29-15-21-14-22(16-29)31(21)26(32)19-6-2-1-3-7-19/h4-5,8-13,19,21-22H,1-3,6-7,14-17H2. The third-order valence-corrected chi connectivity index (χ3v) is 7.85. The largest absolute Gasteiger partial charge is 0.334 e. The van der Waals surface area contributed by atoms with E-state index in [2.05, 4.69) is 32.5 Å². The molecule has 1 saturated carbocycles. The minimum atomic E-state index is 0.274. The topological polar surface area (TPSA) is 40.9 Å². The summed E-state index contributed by atoms with van der Waals surface area (Å²) in [5.41, 5.74) is 4.27. The highest BCUT2D eigenvalue weighted by Gasteiger charge is 2.48. The minimum Gasteiger partial charge on any atom is -0.334 e. The molecule has 0 N–H and O–H groups in total. The number of carbonyl (C=O) groups is 1. The fourth-order valence-electron chi connectivity index (χ4n) is 5.99. The van der Waals surface area contributed by atoms with E-state index < -0.39 is 0 Å². The van der Waals surface area contributed by atoms with Crippen molar-refractivity contribution < 1.29 is 4.79 Å². The second-order valence-electron chi connectivity index (χ2n) is 9.66. The summed E-state index contributed by atoms with van der Waals surface area (Å²) >= 11 is 6.12. The van der Waals surface area contributed by atoms with Crippen LogP contribution >= 0.6 is 11.6 Å². The Morgan fingerprint density at radius 2 is 1.75 bits per heavy atom. The maximum absolute atomic E-state index is 13.1. The summed E-state index contributed by atoms with van der Waals surface area (Å²) in [5, 5.41) is 0.734. The van der Waals surface area contributed by atoms with Gasteiger partial charge in [-0.2, -0.15) is 0 Å². The lowest BCUT2D eigenvalue weighted by Gasteiger charge is -2.57. The quantitative estimate of drug-likeness (QED) is 0.562. The van der Waals surface area contributed by atoms with Crippen molar-refractivity contribution in [1.29, 1.82) is 0 Å². The van der Waals surface area contributed by atoms with Crippen LogP contribution < -0.4 is 0 Å². The van der Waals surface area contributed by atoms with E-state index in [1.54, 1.807) is 0 Å². The molecule has 2 aromatic heterocycles. The number of piperazine rings is 1. The van der Waals surface area contributed by atoms with Crippen LogP contribution in [0.3, 0.4) is 0 Å². The molecule has 0 spiro atoms. The van der Waals surface area contributed by atoms with E-state index in [0.29, 0.717) is 18.0 Å². The van der Waals surface area contributed by atoms with Gasteiger partial charge in [0.15, 0.2) is 0 Å². The molecule has 3 aromatic rings. The lowest BCUT2D eigenvalue weighted by molar-refractivity contribution is -0.159. The van der Waals surface area contributed by atoms with E-state index in [-0.39, 0.29) is 5.92 Å². The summed E-state index contributed by atoms with van der Waals surface area (Å²) in [5.74, 6) is 0.707. The van der Waals surface area contributed by atoms with E-state index in [4.69, 9.17) is 16.6 Å². The van der Waals surface area contributed by atoms with Gasteiger partial charge in [0.25, 0.3) is 0 Å². The molecule has 5 heterocycles. The molecule has 3 saturated heterocycles. The van der Waals surface area contributed by atoms with Gasteiger partial charge in [-0.3, -0.25) is 9.69 Å². The molecule has 1 aliphatic carbocycles. The average molecular weight is 449 g/mol. The predicted molar refractivity (Wildman–Crippen MR) is 127 cm³/mol. The van der Waals surface area contributed by atoms with Gasteiger partial charge in [0.2, 0.25) is 5.91 Å². The van der Waals surface area contributed by atoms with E-state index in [9.17, 15) is 4.79 Å². The smallest absolute Gasteiger partial charge is 0.226 e. The fourth-order valence-corrected chi connectivity index (χ4v) is 6.12. The second kappa shape index (κ2) is 8.20. The molecule has 6 heteroatoms. The first-order valence-corrected chi connectivity index (χ1v) is 12.3. The number of hydrogen-bond acceptors (Lipinski definition) is 3. The number of aromatic nitrogens is 2. The normalized spacial score (nSPS) is 24.0. The van der Waals surface area contributed by atoms with Crippen LogP contribution in [0, 0.1) is 5.92 Å². The highest BCUT2D eigenvalue weighted by Crippen LogP contribution is 2.37. The van der Waals surface area contributed by atoms with Crippen LogP contribution in [0.15, 0.2) is 48.7 Å². The Labute approximate surface area is 194 Å². The van der Waals surface area contributed by atoms with Gasteiger partial charge in [0, 0.05) is 54.4 Å². The SMILES string of the molecule is O=C(C1CCCCC1)N1C2CC1CN(Cc1c(-c3ccc(Cl)cc3)nc3ccccn13)C2. The molecular formula is C26H29ClN4O. The zero-order valence-electron chi connectivity index (χ0n) is 18.3. The summed E-state index contributed by atoms with van der Waals surface area (Å²) in [7, 11) is 0. The molecule has 4 fully saturated rings. The van der Waals surface area contributed by atoms with E-state index in [0.717, 1.165) is 60.8 Å². The molecule has 166 valence electrons. The summed E-state index contributed by atoms with van der Waals surface area (Å²) in [6.07, 6.45) is 9.16. The lowest BCUT2D eigenvalue weighted by Crippen LogP contribution is -2.70. The van der Waals surface area contributed by atoms with Crippen molar-refractivity contribution in [3.8, 4) is 11.3 Å². The Hall–Kier alpha value is -2.37. The first-order chi connectivity index (χ1) is 15.7. The molecule has 3 aliphatic heterocycles. The maximum Gasteiger partial charge on any atom is 0.226 e. The van der Waals surface area contributed by atoms with Crippen LogP contribution in [-0.2, 0) is 11.3 Å². The Kier molecular flexibility index (Phi) is 5.19. The number of piperidine rings is 1. The van der Waals surface area contributed by atoms with Gasteiger partial charge < -0.3 is 9.30 Å². The molecule has 2 atom stereocenters. The summed E-state index contributed by atoms with van der Waals surface area (Å²) in [6.45, 7) is 2.74. The number of rotatable bonds is 4. The highest BCUT2D eigenvalue weighted by molar-refractivity contribution is 6.30. The van der Waals surface area contributed by atoms with Crippen molar-refractivity contribution in [2.75, 3.05) is 13.1 Å². The van der Waals surface area contributed by atoms with Gasteiger partial charge in [0.05, 0.1) is 11.4 Å². The van der Waals surface area contributed by atoms with Gasteiger partial charge in [-0.05, 0) is 43.5 Å². The van der Waals surface area contributed by atoms with Gasteiger partial charge >= 0.3 is 0 Å². The van der Waals surface area contributed by atoms with Crippen molar-refractivity contribution in [2.24, 2.45) is 5.92 Å². The van der Waals surface area contributed by atoms with Crippen molar-refractivity contribution in [3.05, 3.63) is 59.4 Å². The number of benzene rings is 1. The van der Waals surface area contributed by atoms with Crippen LogP contribution in [0.2, 0.25) is 5.02 Å². The van der Waals surface area contributed by atoms with Gasteiger partial charge in [-0.25, -0.2) is 4.98 Å². The van der Waals surface area contributed by atoms with Gasteiger partial charge in [-0.15, -0.1) is 0 Å². The Morgan fingerprint density at radius 1 is 1.00 bits per heavy atom. The molecule has 1 aromatic carbocycles. The van der Waals surface area contributed by atoms with E-state index in [1.807, 2.05) is 30.3 Å². The summed E-state index contributed by atoms with van der Waals surface area (Å²) in [6, 6.07) is 14.8. The molecule has 4 aliphatic rings. The van der Waals surface area contributed by atoms with Crippen LogP contribution in [0.5, 0.6) is 0 Å². The summed E-state index contributed by atoms with van der Waals surface area (Å²) in [4.78, 5) is 22.8. The van der Waals surface area contributed by atoms with E-state index >= 15 is 0 Å². The zero-order chi connectivity index (χ0) is 21.7. The Bertz CT molecular complexity index is 1120. The minimum absolute atomic E-state index is 0.274. The first-order valence-electron chi connectivity index (χ1n) is 11.9. The first kappa shape index (κ1) is 20.3. The number of amides is 1. The summed E-state index contributed by atoms with van der Waals surface area (Å²) < 4.78 is 2.20. The average Bonchev–Trinajstić information content (AvgIpc) is 3.18. The Morgan fingerprint density at radius 3 is 2.50 bits per heavy atom. The number of imidazole rings is 1. The molecule has 2 unspecified atom stereocenters. The molecule has 2 bridgehead atoms. The molecule has 32 heavy (non-hydrogen) atoms. The monoisotopic (exact) mass is 448 g/mol. The maximum atomic E-state index is 13.1. The fraction of sp³-hybridized carbons (Fsp3) is 0.462. The van der Waals surface area contributed by atoms with E-state index in [1.165, 1.54) is 25.0 Å². The predicted octanol–water partition coefficient (Wildman–Crippen LogP) is 5.02. The number of carbonyl (C=O) groups excluding carboxylic acids is 1. The van der Waals surface area contributed by atoms with Crippen molar-refractivity contribution >= 4 is 23.2 Å². The lowest BCUT2D eigenvalue weighted by atomic mass is 9.82. The number of fused-ring (bicyclic) bond motifs is 3. The number of hydrogen-bond donors (Lipinski definition) is 0. The molecule has 0 radical (unpaired) electrons. The molecular weight excluding hydrogens is 420 g/mol. The Balaban J connectivity index is 1.23.